The van der Waals surface area contributed by atoms with Gasteiger partial charge in [-0.15, -0.1) is 0 Å². The van der Waals surface area contributed by atoms with E-state index in [2.05, 4.69) is 22.5 Å². The van der Waals surface area contributed by atoms with Crippen LogP contribution >= 0.6 is 11.8 Å². The summed E-state index contributed by atoms with van der Waals surface area (Å²) >= 11 is 1.95. The number of aliphatic imine (C=N–C) groups is 1. The molecule has 1 heterocycles. The van der Waals surface area contributed by atoms with Crippen molar-refractivity contribution in [1.29, 1.82) is 0 Å². The van der Waals surface area contributed by atoms with E-state index in [4.69, 9.17) is 9.73 Å². The molecule has 2 aliphatic rings. The number of benzene rings is 1. The first kappa shape index (κ1) is 22.8. The lowest BCUT2D eigenvalue weighted by atomic mass is 9.85. The van der Waals surface area contributed by atoms with Crippen LogP contribution in [0.15, 0.2) is 35.3 Å². The van der Waals surface area contributed by atoms with Crippen LogP contribution in [-0.2, 0) is 4.79 Å². The maximum absolute atomic E-state index is 12.8. The van der Waals surface area contributed by atoms with Gasteiger partial charge in [0.1, 0.15) is 11.9 Å². The standard InChI is InChI=1S/C23H36N4O2S/c1-3-24-23(25-17-18(2)29-21-7-5-4-6-8-21)26-20-11-9-19(10-12-20)22(28)27-13-15-30-16-14-27/h4-8,18-20H,3,9-17H2,1-2H3,(H2,24,25,26). The zero-order chi connectivity index (χ0) is 21.2. The maximum Gasteiger partial charge on any atom is 0.225 e. The number of para-hydroxylation sites is 1. The summed E-state index contributed by atoms with van der Waals surface area (Å²) in [6.07, 6.45) is 3.96. The molecule has 7 heteroatoms. The quantitative estimate of drug-likeness (QED) is 0.512. The molecule has 166 valence electrons. The first-order chi connectivity index (χ1) is 14.7. The number of nitrogens with zero attached hydrogens (tertiary/aromatic N) is 2. The minimum absolute atomic E-state index is 0.00100. The average Bonchev–Trinajstić information content (AvgIpc) is 2.79. The van der Waals surface area contributed by atoms with E-state index < -0.39 is 0 Å². The number of ether oxygens (including phenoxy) is 1. The average molecular weight is 433 g/mol. The van der Waals surface area contributed by atoms with Gasteiger partial charge in [0.05, 0.1) is 6.54 Å². The Kier molecular flexibility index (Phi) is 9.18. The molecule has 2 N–H and O–H groups in total. The van der Waals surface area contributed by atoms with E-state index in [1.54, 1.807) is 0 Å². The van der Waals surface area contributed by atoms with Gasteiger partial charge in [0.2, 0.25) is 5.91 Å². The summed E-state index contributed by atoms with van der Waals surface area (Å²) in [6.45, 7) is 7.36. The molecule has 1 atom stereocenters. The third-order valence-corrected chi connectivity index (χ3v) is 6.61. The predicted octanol–water partition coefficient (Wildman–Crippen LogP) is 3.14. The zero-order valence-electron chi connectivity index (χ0n) is 18.3. The van der Waals surface area contributed by atoms with Crippen molar-refractivity contribution in [2.75, 3.05) is 37.7 Å². The summed E-state index contributed by atoms with van der Waals surface area (Å²) in [7, 11) is 0. The van der Waals surface area contributed by atoms with E-state index in [0.29, 0.717) is 18.5 Å². The van der Waals surface area contributed by atoms with E-state index in [0.717, 1.165) is 68.5 Å². The van der Waals surface area contributed by atoms with Crippen molar-refractivity contribution in [2.24, 2.45) is 10.9 Å². The van der Waals surface area contributed by atoms with Crippen molar-refractivity contribution >= 4 is 23.6 Å². The van der Waals surface area contributed by atoms with E-state index in [1.165, 1.54) is 0 Å². The fourth-order valence-electron chi connectivity index (χ4n) is 4.03. The highest BCUT2D eigenvalue weighted by atomic mass is 32.2. The number of carbonyl (C=O) groups is 1. The minimum Gasteiger partial charge on any atom is -0.489 e. The molecular formula is C23H36N4O2S. The summed E-state index contributed by atoms with van der Waals surface area (Å²) in [5.74, 6) is 4.44. The molecule has 1 aromatic carbocycles. The van der Waals surface area contributed by atoms with E-state index in [9.17, 15) is 4.79 Å². The zero-order valence-corrected chi connectivity index (χ0v) is 19.1. The number of hydrogen-bond donors (Lipinski definition) is 2. The second kappa shape index (κ2) is 12.1. The largest absolute Gasteiger partial charge is 0.489 e. The van der Waals surface area contributed by atoms with Gasteiger partial charge in [-0.1, -0.05) is 18.2 Å². The summed E-state index contributed by atoms with van der Waals surface area (Å²) in [4.78, 5) is 19.6. The molecule has 2 fully saturated rings. The SMILES string of the molecule is CCNC(=NCC(C)Oc1ccccc1)NC1CCC(C(=O)N2CCSCC2)CC1. The highest BCUT2D eigenvalue weighted by Crippen LogP contribution is 2.27. The molecule has 1 saturated heterocycles. The monoisotopic (exact) mass is 432 g/mol. The molecule has 0 radical (unpaired) electrons. The van der Waals surface area contributed by atoms with Crippen LogP contribution in [0.5, 0.6) is 5.75 Å². The van der Waals surface area contributed by atoms with Crippen molar-refractivity contribution in [3.63, 3.8) is 0 Å². The smallest absolute Gasteiger partial charge is 0.225 e. The Bertz CT molecular complexity index is 671. The first-order valence-corrected chi connectivity index (χ1v) is 12.4. The topological polar surface area (TPSA) is 66.0 Å². The Balaban J connectivity index is 1.44. The fourth-order valence-corrected chi connectivity index (χ4v) is 4.93. The van der Waals surface area contributed by atoms with Crippen LogP contribution < -0.4 is 15.4 Å². The summed E-state index contributed by atoms with van der Waals surface area (Å²) in [5, 5.41) is 6.91. The summed E-state index contributed by atoms with van der Waals surface area (Å²) in [5.41, 5.74) is 0. The lowest BCUT2D eigenvalue weighted by Crippen LogP contribution is -2.47. The molecule has 0 spiro atoms. The van der Waals surface area contributed by atoms with Gasteiger partial charge in [-0.3, -0.25) is 4.79 Å². The molecule has 1 unspecified atom stereocenters. The van der Waals surface area contributed by atoms with Crippen molar-refractivity contribution in [3.05, 3.63) is 30.3 Å². The number of rotatable bonds is 7. The van der Waals surface area contributed by atoms with E-state index in [1.807, 2.05) is 49.0 Å². The summed E-state index contributed by atoms with van der Waals surface area (Å²) < 4.78 is 5.92. The molecule has 1 aliphatic carbocycles. The van der Waals surface area contributed by atoms with Gasteiger partial charge in [-0.05, 0) is 51.7 Å². The van der Waals surface area contributed by atoms with Gasteiger partial charge in [0.15, 0.2) is 5.96 Å². The van der Waals surface area contributed by atoms with Gasteiger partial charge in [-0.25, -0.2) is 4.99 Å². The van der Waals surface area contributed by atoms with Crippen LogP contribution in [0.25, 0.3) is 0 Å². The molecule has 3 rings (SSSR count). The lowest BCUT2D eigenvalue weighted by Gasteiger charge is -2.34. The van der Waals surface area contributed by atoms with Crippen LogP contribution in [0.3, 0.4) is 0 Å². The Labute approximate surface area is 185 Å². The van der Waals surface area contributed by atoms with E-state index >= 15 is 0 Å². The number of guanidine groups is 1. The normalized spacial score (nSPS) is 23.5. The molecule has 0 bridgehead atoms. The number of carbonyl (C=O) groups excluding carboxylic acids is 1. The third-order valence-electron chi connectivity index (χ3n) is 5.67. The second-order valence-corrected chi connectivity index (χ2v) is 9.32. The van der Waals surface area contributed by atoms with Crippen molar-refractivity contribution < 1.29 is 9.53 Å². The van der Waals surface area contributed by atoms with Crippen molar-refractivity contribution in [1.82, 2.24) is 15.5 Å². The number of thioether (sulfide) groups is 1. The fraction of sp³-hybridized carbons (Fsp3) is 0.652. The Hall–Kier alpha value is -1.89. The Morgan fingerprint density at radius 3 is 2.57 bits per heavy atom. The summed E-state index contributed by atoms with van der Waals surface area (Å²) in [6, 6.07) is 10.2. The molecule has 30 heavy (non-hydrogen) atoms. The molecule has 1 saturated carbocycles. The Morgan fingerprint density at radius 2 is 1.90 bits per heavy atom. The Morgan fingerprint density at radius 1 is 1.20 bits per heavy atom. The van der Waals surface area contributed by atoms with Crippen LogP contribution in [0.2, 0.25) is 0 Å². The van der Waals surface area contributed by atoms with Gasteiger partial charge >= 0.3 is 0 Å². The minimum atomic E-state index is -0.00100. The number of hydrogen-bond acceptors (Lipinski definition) is 4. The number of nitrogens with one attached hydrogen (secondary N) is 2. The number of amides is 1. The van der Waals surface area contributed by atoms with E-state index in [-0.39, 0.29) is 12.0 Å². The lowest BCUT2D eigenvalue weighted by molar-refractivity contribution is -0.136. The van der Waals surface area contributed by atoms with Crippen LogP contribution in [0.4, 0.5) is 0 Å². The second-order valence-electron chi connectivity index (χ2n) is 8.09. The highest BCUT2D eigenvalue weighted by Gasteiger charge is 2.30. The molecule has 1 aromatic rings. The molecule has 0 aromatic heterocycles. The van der Waals surface area contributed by atoms with Crippen LogP contribution in [-0.4, -0.2) is 66.6 Å². The van der Waals surface area contributed by atoms with Gasteiger partial charge in [-0.2, -0.15) is 11.8 Å². The van der Waals surface area contributed by atoms with Crippen LogP contribution in [0.1, 0.15) is 39.5 Å². The first-order valence-electron chi connectivity index (χ1n) is 11.3. The maximum atomic E-state index is 12.8. The molecular weight excluding hydrogens is 396 g/mol. The molecule has 1 aliphatic heterocycles. The van der Waals surface area contributed by atoms with Gasteiger partial charge < -0.3 is 20.3 Å². The van der Waals surface area contributed by atoms with Crippen molar-refractivity contribution in [2.45, 2.75) is 51.7 Å². The molecule has 6 nitrogen and oxygen atoms in total. The van der Waals surface area contributed by atoms with Crippen molar-refractivity contribution in [3.8, 4) is 5.75 Å². The van der Waals surface area contributed by atoms with Gasteiger partial charge in [0, 0.05) is 43.1 Å². The molecule has 1 amide bonds. The highest BCUT2D eigenvalue weighted by molar-refractivity contribution is 7.99. The van der Waals surface area contributed by atoms with Crippen LogP contribution in [0, 0.1) is 5.92 Å². The van der Waals surface area contributed by atoms with Gasteiger partial charge in [0.25, 0.3) is 0 Å². The predicted molar refractivity (Wildman–Crippen MR) is 125 cm³/mol. The third kappa shape index (κ3) is 7.11.